The highest BCUT2D eigenvalue weighted by Gasteiger charge is 2.18. The molecule has 2 aromatic heterocycles. The number of carbonyl (C=O) groups excluding carboxylic acids is 2. The van der Waals surface area contributed by atoms with Crippen LogP contribution < -0.4 is 0 Å². The lowest BCUT2D eigenvalue weighted by Crippen LogP contribution is -2.16. The van der Waals surface area contributed by atoms with E-state index in [1.165, 1.54) is 0 Å². The molecule has 0 spiro atoms. The summed E-state index contributed by atoms with van der Waals surface area (Å²) in [7, 11) is 0. The number of aromatic nitrogens is 1. The van der Waals surface area contributed by atoms with Crippen molar-refractivity contribution < 1.29 is 18.7 Å². The molecule has 0 radical (unpaired) electrons. The summed E-state index contributed by atoms with van der Waals surface area (Å²) in [6.45, 7) is 9.89. The summed E-state index contributed by atoms with van der Waals surface area (Å²) < 4.78 is 12.7. The molecular formula is C22H23NO4. The number of carbonyl (C=O) groups is 2. The van der Waals surface area contributed by atoms with Crippen LogP contribution in [0.1, 0.15) is 32.9 Å². The van der Waals surface area contributed by atoms with Gasteiger partial charge in [0.15, 0.2) is 6.61 Å². The lowest BCUT2D eigenvalue weighted by atomic mass is 10.1. The maximum atomic E-state index is 12.5. The Morgan fingerprint density at radius 2 is 2.00 bits per heavy atom. The van der Waals surface area contributed by atoms with Gasteiger partial charge < -0.3 is 13.7 Å². The van der Waals surface area contributed by atoms with Crippen molar-refractivity contribution in [2.75, 3.05) is 6.61 Å². The number of ether oxygens (including phenoxy) is 1. The first kappa shape index (κ1) is 18.7. The van der Waals surface area contributed by atoms with Crippen molar-refractivity contribution in [3.63, 3.8) is 0 Å². The third kappa shape index (κ3) is 3.87. The number of nitrogens with zero attached hydrogens (tertiary/aromatic N) is 1. The summed E-state index contributed by atoms with van der Waals surface area (Å²) >= 11 is 0. The summed E-state index contributed by atoms with van der Waals surface area (Å²) in [6, 6.07) is 7.64. The van der Waals surface area contributed by atoms with E-state index in [4.69, 9.17) is 9.15 Å². The minimum atomic E-state index is -0.452. The average Bonchev–Trinajstić information content (AvgIpc) is 3.15. The van der Waals surface area contributed by atoms with Crippen molar-refractivity contribution in [1.29, 1.82) is 0 Å². The van der Waals surface area contributed by atoms with Gasteiger partial charge in [0.2, 0.25) is 5.78 Å². The molecule has 0 N–H and O–H groups in total. The summed E-state index contributed by atoms with van der Waals surface area (Å²) in [4.78, 5) is 24.6. The van der Waals surface area contributed by atoms with Gasteiger partial charge in [0.25, 0.3) is 0 Å². The molecule has 0 amide bonds. The van der Waals surface area contributed by atoms with Crippen LogP contribution in [-0.4, -0.2) is 22.9 Å². The average molecular weight is 365 g/mol. The zero-order valence-corrected chi connectivity index (χ0v) is 15.9. The Labute approximate surface area is 158 Å². The molecule has 5 heteroatoms. The number of ketones is 1. The van der Waals surface area contributed by atoms with Crippen LogP contribution in [0.4, 0.5) is 0 Å². The smallest absolute Gasteiger partial charge is 0.310 e. The third-order valence-electron chi connectivity index (χ3n) is 4.70. The number of esters is 1. The van der Waals surface area contributed by atoms with Gasteiger partial charge >= 0.3 is 5.97 Å². The fraction of sp³-hybridized carbons (Fsp3) is 0.273. The van der Waals surface area contributed by atoms with Crippen LogP contribution in [0.5, 0.6) is 0 Å². The minimum Gasteiger partial charge on any atom is -0.464 e. The van der Waals surface area contributed by atoms with Gasteiger partial charge in [-0.2, -0.15) is 0 Å². The largest absolute Gasteiger partial charge is 0.464 e. The van der Waals surface area contributed by atoms with E-state index in [9.17, 15) is 9.59 Å². The lowest BCUT2D eigenvalue weighted by molar-refractivity contribution is -0.141. The number of aryl methyl sites for hydroxylation is 2. The topological polar surface area (TPSA) is 61.4 Å². The Bertz CT molecular complexity index is 1020. The summed E-state index contributed by atoms with van der Waals surface area (Å²) in [5.41, 5.74) is 4.99. The first-order valence-corrected chi connectivity index (χ1v) is 8.84. The van der Waals surface area contributed by atoms with Crippen molar-refractivity contribution in [1.82, 2.24) is 4.57 Å². The number of fused-ring (bicyclic) bond motifs is 1. The Kier molecular flexibility index (Phi) is 5.31. The molecule has 0 unspecified atom stereocenters. The Hall–Kier alpha value is -3.08. The molecule has 3 rings (SSSR count). The van der Waals surface area contributed by atoms with Gasteiger partial charge in [-0.15, -0.1) is 6.58 Å². The molecule has 3 aromatic rings. The van der Waals surface area contributed by atoms with E-state index < -0.39 is 5.97 Å². The highest BCUT2D eigenvalue weighted by atomic mass is 16.5. The molecule has 140 valence electrons. The quantitative estimate of drug-likeness (QED) is 0.355. The van der Waals surface area contributed by atoms with E-state index in [2.05, 4.69) is 6.58 Å². The van der Waals surface area contributed by atoms with Crippen LogP contribution in [0, 0.1) is 20.8 Å². The molecule has 5 nitrogen and oxygen atoms in total. The van der Waals surface area contributed by atoms with Gasteiger partial charge in [-0.1, -0.05) is 18.2 Å². The van der Waals surface area contributed by atoms with Gasteiger partial charge in [0, 0.05) is 34.4 Å². The molecule has 2 heterocycles. The zero-order chi connectivity index (χ0) is 19.6. The van der Waals surface area contributed by atoms with Gasteiger partial charge in [0.1, 0.15) is 5.58 Å². The number of furan rings is 1. The van der Waals surface area contributed by atoms with Crippen molar-refractivity contribution in [3.8, 4) is 0 Å². The van der Waals surface area contributed by atoms with E-state index in [1.807, 2.05) is 49.6 Å². The van der Waals surface area contributed by atoms with E-state index in [1.54, 1.807) is 12.3 Å². The van der Waals surface area contributed by atoms with Crippen molar-refractivity contribution in [2.45, 2.75) is 33.7 Å². The van der Waals surface area contributed by atoms with Crippen molar-refractivity contribution in [3.05, 3.63) is 71.3 Å². The molecular weight excluding hydrogens is 342 g/mol. The first-order chi connectivity index (χ1) is 12.9. The predicted molar refractivity (Wildman–Crippen MR) is 104 cm³/mol. The highest BCUT2D eigenvalue weighted by Crippen LogP contribution is 2.23. The van der Waals surface area contributed by atoms with Gasteiger partial charge in [0.05, 0.1) is 12.7 Å². The van der Waals surface area contributed by atoms with Crippen LogP contribution in [0.2, 0.25) is 0 Å². The van der Waals surface area contributed by atoms with Crippen LogP contribution in [0.3, 0.4) is 0 Å². The number of rotatable bonds is 7. The molecule has 0 saturated heterocycles. The number of benzene rings is 1. The van der Waals surface area contributed by atoms with E-state index in [-0.39, 0.29) is 18.8 Å². The molecule has 1 aromatic carbocycles. The number of hydrogen-bond donors (Lipinski definition) is 0. The Morgan fingerprint density at radius 1 is 1.22 bits per heavy atom. The number of allylic oxidation sites excluding steroid dienone is 1. The first-order valence-electron chi connectivity index (χ1n) is 8.84. The van der Waals surface area contributed by atoms with E-state index in [0.717, 1.165) is 33.5 Å². The fourth-order valence-electron chi connectivity index (χ4n) is 3.25. The zero-order valence-electron chi connectivity index (χ0n) is 15.9. The fourth-order valence-corrected chi connectivity index (χ4v) is 3.25. The summed E-state index contributed by atoms with van der Waals surface area (Å²) in [5, 5.41) is 0.886. The Morgan fingerprint density at radius 3 is 2.74 bits per heavy atom. The lowest BCUT2D eigenvalue weighted by Gasteiger charge is -2.07. The van der Waals surface area contributed by atoms with Crippen molar-refractivity contribution in [2.24, 2.45) is 0 Å². The minimum absolute atomic E-state index is 0.0683. The van der Waals surface area contributed by atoms with Crippen LogP contribution in [0.15, 0.2) is 47.6 Å². The number of hydrogen-bond acceptors (Lipinski definition) is 4. The summed E-state index contributed by atoms with van der Waals surface area (Å²) in [6.07, 6.45) is 3.42. The molecule has 0 saturated carbocycles. The van der Waals surface area contributed by atoms with Gasteiger partial charge in [-0.05, 0) is 38.5 Å². The van der Waals surface area contributed by atoms with Gasteiger partial charge in [-0.3, -0.25) is 9.59 Å². The third-order valence-corrected chi connectivity index (χ3v) is 4.70. The maximum absolute atomic E-state index is 12.5. The maximum Gasteiger partial charge on any atom is 0.310 e. The standard InChI is InChI=1S/C22H23NO4/c1-5-8-23-15(3)10-19(16(23)4)20(24)13-27-22(25)11-17-12-26-21-9-14(2)6-7-18(17)21/h5-7,9-10,12H,1,8,11,13H2,2-4H3. The van der Waals surface area contributed by atoms with E-state index in [0.29, 0.717) is 12.1 Å². The molecule has 0 aliphatic heterocycles. The molecule has 0 fully saturated rings. The second-order valence-electron chi connectivity index (χ2n) is 6.71. The van der Waals surface area contributed by atoms with E-state index >= 15 is 0 Å². The normalized spacial score (nSPS) is 10.9. The molecule has 27 heavy (non-hydrogen) atoms. The highest BCUT2D eigenvalue weighted by molar-refractivity contribution is 5.99. The van der Waals surface area contributed by atoms with Crippen LogP contribution in [-0.2, 0) is 22.5 Å². The SMILES string of the molecule is C=CCn1c(C)cc(C(=O)COC(=O)Cc2coc3cc(C)ccc23)c1C. The number of Topliss-reactive ketones (excluding diaryl/α,β-unsaturated/α-hetero) is 1. The summed E-state index contributed by atoms with van der Waals surface area (Å²) in [5.74, 6) is -0.661. The molecule has 0 atom stereocenters. The second-order valence-corrected chi connectivity index (χ2v) is 6.71. The molecule has 0 bridgehead atoms. The van der Waals surface area contributed by atoms with Gasteiger partial charge in [-0.25, -0.2) is 0 Å². The Balaban J connectivity index is 1.64. The molecule has 0 aliphatic rings. The van der Waals surface area contributed by atoms with Crippen LogP contribution in [0.25, 0.3) is 11.0 Å². The monoisotopic (exact) mass is 365 g/mol. The predicted octanol–water partition coefficient (Wildman–Crippen LogP) is 4.31. The van der Waals surface area contributed by atoms with Crippen LogP contribution >= 0.6 is 0 Å². The van der Waals surface area contributed by atoms with Crippen molar-refractivity contribution >= 4 is 22.7 Å². The second kappa shape index (κ2) is 7.66. The molecule has 0 aliphatic carbocycles.